The number of halogens is 10. The largest absolute Gasteiger partial charge is 0.425 e. The third-order valence-corrected chi connectivity index (χ3v) is 4.30. The van der Waals surface area contributed by atoms with Crippen LogP contribution in [-0.4, -0.2) is 20.9 Å². The number of rotatable bonds is 2. The molecule has 1 aromatic carbocycles. The molecule has 0 saturated carbocycles. The lowest BCUT2D eigenvalue weighted by Crippen LogP contribution is -2.19. The van der Waals surface area contributed by atoms with E-state index in [4.69, 9.17) is 5.73 Å². The number of hydrogen-bond acceptors (Lipinski definition) is 3. The van der Waals surface area contributed by atoms with E-state index < -0.39 is 58.4 Å². The number of aromatic nitrogens is 3. The zero-order valence-corrected chi connectivity index (χ0v) is 15.1. The van der Waals surface area contributed by atoms with Gasteiger partial charge in [-0.3, -0.25) is 0 Å². The van der Waals surface area contributed by atoms with Crippen LogP contribution in [-0.2, 0) is 12.4 Å². The minimum Gasteiger partial charge on any atom is -0.383 e. The zero-order valence-electron chi connectivity index (χ0n) is 15.1. The maximum absolute atomic E-state index is 13.7. The highest BCUT2D eigenvalue weighted by Crippen LogP contribution is 2.42. The van der Waals surface area contributed by atoms with E-state index in [9.17, 15) is 43.9 Å². The van der Waals surface area contributed by atoms with Gasteiger partial charge >= 0.3 is 18.5 Å². The Labute approximate surface area is 166 Å². The summed E-state index contributed by atoms with van der Waals surface area (Å²) in [7, 11) is 0. The number of nitrogen functional groups attached to an aromatic ring is 1. The Morgan fingerprint density at radius 3 is 2.03 bits per heavy atom. The number of aryl methyl sites for hydroxylation is 1. The van der Waals surface area contributed by atoms with Crippen molar-refractivity contribution in [2.45, 2.75) is 31.6 Å². The van der Waals surface area contributed by atoms with E-state index >= 15 is 0 Å². The van der Waals surface area contributed by atoms with Gasteiger partial charge in [0.05, 0.1) is 27.9 Å². The minimum absolute atomic E-state index is 0.0956. The van der Waals surface area contributed by atoms with E-state index in [1.165, 1.54) is 6.92 Å². The first kappa shape index (κ1) is 22.6. The number of alkyl halides is 10. The van der Waals surface area contributed by atoms with Gasteiger partial charge in [-0.1, -0.05) is 0 Å². The van der Waals surface area contributed by atoms with Gasteiger partial charge in [0, 0.05) is 0 Å². The molecule has 0 fully saturated rings. The number of nitrogens with two attached hydrogens (primary N) is 1. The molecule has 14 heteroatoms. The average Bonchev–Trinajstić information content (AvgIpc) is 2.94. The lowest BCUT2D eigenvalue weighted by Gasteiger charge is -2.14. The summed E-state index contributed by atoms with van der Waals surface area (Å²) in [5.74, 6) is -0.744. The van der Waals surface area contributed by atoms with E-state index in [1.54, 1.807) is 0 Å². The Morgan fingerprint density at radius 1 is 0.935 bits per heavy atom. The Balaban J connectivity index is 2.29. The Morgan fingerprint density at radius 2 is 1.55 bits per heavy atom. The summed E-state index contributed by atoms with van der Waals surface area (Å²) in [6.07, 6.45) is -19.3. The molecule has 1 unspecified atom stereocenters. The van der Waals surface area contributed by atoms with E-state index in [0.717, 1.165) is 6.07 Å². The maximum Gasteiger partial charge on any atom is 0.425 e. The lowest BCUT2D eigenvalue weighted by molar-refractivity contribution is -0.184. The molecule has 2 N–H and O–H groups in total. The Kier molecular flexibility index (Phi) is 5.10. The van der Waals surface area contributed by atoms with E-state index in [1.807, 2.05) is 0 Å². The molecule has 31 heavy (non-hydrogen) atoms. The van der Waals surface area contributed by atoms with Crippen LogP contribution >= 0.6 is 0 Å². The SMILES string of the molecule is Cc1cc(C(F)(F)F)ccc1-n1nc2nc(C(F)C(F)(F)F)cc(C(F)(F)F)c2c1N. The summed E-state index contributed by atoms with van der Waals surface area (Å²) < 4.78 is 131. The third kappa shape index (κ3) is 4.10. The van der Waals surface area contributed by atoms with Gasteiger partial charge in [-0.15, -0.1) is 5.10 Å². The van der Waals surface area contributed by atoms with Crippen LogP contribution in [0.15, 0.2) is 24.3 Å². The van der Waals surface area contributed by atoms with Crippen LogP contribution < -0.4 is 5.73 Å². The van der Waals surface area contributed by atoms with Crippen LogP contribution in [0, 0.1) is 6.92 Å². The summed E-state index contributed by atoms with van der Waals surface area (Å²) in [4.78, 5) is 3.22. The van der Waals surface area contributed by atoms with Crippen molar-refractivity contribution in [3.05, 3.63) is 46.6 Å². The van der Waals surface area contributed by atoms with Crippen LogP contribution in [0.3, 0.4) is 0 Å². The predicted molar refractivity (Wildman–Crippen MR) is 87.9 cm³/mol. The molecule has 4 nitrogen and oxygen atoms in total. The highest BCUT2D eigenvalue weighted by molar-refractivity contribution is 5.91. The van der Waals surface area contributed by atoms with Crippen molar-refractivity contribution in [1.29, 1.82) is 0 Å². The van der Waals surface area contributed by atoms with Gasteiger partial charge in [0.15, 0.2) is 5.65 Å². The molecule has 0 aliphatic rings. The molecule has 0 saturated heterocycles. The van der Waals surface area contributed by atoms with Crippen molar-refractivity contribution in [2.24, 2.45) is 0 Å². The van der Waals surface area contributed by atoms with Gasteiger partial charge in [0.25, 0.3) is 0 Å². The molecule has 0 spiro atoms. The number of nitrogens with zero attached hydrogens (tertiary/aromatic N) is 3. The van der Waals surface area contributed by atoms with E-state index in [2.05, 4.69) is 10.1 Å². The van der Waals surface area contributed by atoms with Crippen LogP contribution in [0.25, 0.3) is 16.7 Å². The molecular weight excluding hydrogens is 450 g/mol. The van der Waals surface area contributed by atoms with Gasteiger partial charge in [-0.05, 0) is 36.8 Å². The second kappa shape index (κ2) is 6.99. The first-order valence-corrected chi connectivity index (χ1v) is 8.17. The molecule has 3 aromatic rings. The van der Waals surface area contributed by atoms with Crippen molar-refractivity contribution in [1.82, 2.24) is 14.8 Å². The standard InChI is InChI=1S/C17H10F10N4/c1-6-4-7(15(19,20)21)2-3-10(6)31-13(28)11-8(16(22,23)24)5-9(29-14(11)30-31)12(18)17(25,26)27/h2-5,12H,28H2,1H3. The molecule has 0 aliphatic carbocycles. The van der Waals surface area contributed by atoms with E-state index in [0.29, 0.717) is 16.8 Å². The summed E-state index contributed by atoms with van der Waals surface area (Å²) in [5.41, 5.74) is 0.127. The molecule has 2 heterocycles. The molecule has 0 bridgehead atoms. The van der Waals surface area contributed by atoms with Gasteiger partial charge in [-0.2, -0.15) is 39.5 Å². The normalized spacial score (nSPS) is 14.3. The number of benzene rings is 1. The van der Waals surface area contributed by atoms with Crippen molar-refractivity contribution < 1.29 is 43.9 Å². The monoisotopic (exact) mass is 460 g/mol. The van der Waals surface area contributed by atoms with Crippen molar-refractivity contribution in [3.63, 3.8) is 0 Å². The number of pyridine rings is 1. The van der Waals surface area contributed by atoms with Crippen LogP contribution in [0.1, 0.15) is 28.6 Å². The highest BCUT2D eigenvalue weighted by Gasteiger charge is 2.45. The fraction of sp³-hybridized carbons (Fsp3) is 0.294. The van der Waals surface area contributed by atoms with Crippen molar-refractivity contribution >= 4 is 16.9 Å². The topological polar surface area (TPSA) is 56.7 Å². The van der Waals surface area contributed by atoms with Gasteiger partial charge in [0.2, 0.25) is 6.17 Å². The maximum atomic E-state index is 13.7. The second-order valence-corrected chi connectivity index (χ2v) is 6.49. The van der Waals surface area contributed by atoms with Crippen LogP contribution in [0.5, 0.6) is 0 Å². The summed E-state index contributed by atoms with van der Waals surface area (Å²) in [5, 5.41) is 2.69. The lowest BCUT2D eigenvalue weighted by atomic mass is 10.1. The smallest absolute Gasteiger partial charge is 0.383 e. The molecule has 1 atom stereocenters. The fourth-order valence-electron chi connectivity index (χ4n) is 2.90. The molecule has 168 valence electrons. The van der Waals surface area contributed by atoms with Crippen molar-refractivity contribution in [2.75, 3.05) is 5.73 Å². The minimum atomic E-state index is -5.53. The van der Waals surface area contributed by atoms with Gasteiger partial charge in [0.1, 0.15) is 5.82 Å². The highest BCUT2D eigenvalue weighted by atomic mass is 19.4. The molecular formula is C17H10F10N4. The third-order valence-electron chi connectivity index (χ3n) is 4.30. The predicted octanol–water partition coefficient (Wildman–Crippen LogP) is 5.92. The molecule has 2 aromatic heterocycles. The van der Waals surface area contributed by atoms with Gasteiger partial charge < -0.3 is 5.73 Å². The van der Waals surface area contributed by atoms with Gasteiger partial charge in [-0.25, -0.2) is 14.1 Å². The molecule has 0 radical (unpaired) electrons. The van der Waals surface area contributed by atoms with Crippen molar-refractivity contribution in [3.8, 4) is 5.69 Å². The zero-order chi connectivity index (χ0) is 23.5. The Hall–Kier alpha value is -3.06. The molecule has 0 aliphatic heterocycles. The average molecular weight is 460 g/mol. The fourth-order valence-corrected chi connectivity index (χ4v) is 2.90. The second-order valence-electron chi connectivity index (χ2n) is 6.49. The van der Waals surface area contributed by atoms with E-state index in [-0.39, 0.29) is 17.3 Å². The van der Waals surface area contributed by atoms with Crippen LogP contribution in [0.4, 0.5) is 49.7 Å². The first-order chi connectivity index (χ1) is 14.0. The molecule has 0 amide bonds. The molecule has 3 rings (SSSR count). The summed E-state index contributed by atoms with van der Waals surface area (Å²) in [6.45, 7) is 1.20. The van der Waals surface area contributed by atoms with Crippen LogP contribution in [0.2, 0.25) is 0 Å². The summed E-state index contributed by atoms with van der Waals surface area (Å²) in [6, 6.07) is 2.06. The summed E-state index contributed by atoms with van der Waals surface area (Å²) >= 11 is 0. The first-order valence-electron chi connectivity index (χ1n) is 8.17. The number of fused-ring (bicyclic) bond motifs is 1. The quantitative estimate of drug-likeness (QED) is 0.483. The Bertz CT molecular complexity index is 1140. The number of hydrogen-bond donors (Lipinski definition) is 1. The number of anilines is 1.